The number of carbonyl (C=O) groups is 1. The second kappa shape index (κ2) is 8.23. The Labute approximate surface area is 157 Å². The van der Waals surface area contributed by atoms with E-state index in [1.807, 2.05) is 6.26 Å². The lowest BCUT2D eigenvalue weighted by atomic mass is 10.2. The molecule has 2 rings (SSSR count). The highest BCUT2D eigenvalue weighted by Crippen LogP contribution is 2.23. The van der Waals surface area contributed by atoms with Gasteiger partial charge in [-0.1, -0.05) is 17.7 Å². The zero-order chi connectivity index (χ0) is 18.6. The smallest absolute Gasteiger partial charge is 0.243 e. The van der Waals surface area contributed by atoms with Crippen LogP contribution >= 0.6 is 23.4 Å². The van der Waals surface area contributed by atoms with Crippen molar-refractivity contribution in [2.45, 2.75) is 16.7 Å². The van der Waals surface area contributed by atoms with Gasteiger partial charge in [-0.15, -0.1) is 11.8 Å². The summed E-state index contributed by atoms with van der Waals surface area (Å²) in [5.41, 5.74) is 1.29. The van der Waals surface area contributed by atoms with Crippen molar-refractivity contribution in [3.8, 4) is 0 Å². The highest BCUT2D eigenvalue weighted by molar-refractivity contribution is 7.98. The molecule has 0 aliphatic heterocycles. The monoisotopic (exact) mass is 398 g/mol. The van der Waals surface area contributed by atoms with Gasteiger partial charge in [-0.3, -0.25) is 4.79 Å². The van der Waals surface area contributed by atoms with Crippen molar-refractivity contribution < 1.29 is 13.2 Å². The summed E-state index contributed by atoms with van der Waals surface area (Å²) in [7, 11) is -2.36. The topological polar surface area (TPSA) is 66.5 Å². The van der Waals surface area contributed by atoms with Crippen LogP contribution in [0, 0.1) is 6.92 Å². The SMILES string of the molecule is CSc1ccc(S(=O)(=O)N(C)CC(=O)Nc2cccc(Cl)c2C)cc1. The minimum absolute atomic E-state index is 0.152. The highest BCUT2D eigenvalue weighted by Gasteiger charge is 2.23. The van der Waals surface area contributed by atoms with Gasteiger partial charge in [-0.05, 0) is 55.1 Å². The summed E-state index contributed by atoms with van der Waals surface area (Å²) in [6, 6.07) is 11.7. The third kappa shape index (κ3) is 4.76. The van der Waals surface area contributed by atoms with Crippen LogP contribution in [0.25, 0.3) is 0 Å². The number of benzene rings is 2. The van der Waals surface area contributed by atoms with E-state index in [9.17, 15) is 13.2 Å². The van der Waals surface area contributed by atoms with Crippen LogP contribution in [-0.2, 0) is 14.8 Å². The molecule has 0 saturated heterocycles. The Morgan fingerprint density at radius 2 is 1.84 bits per heavy atom. The first-order valence-electron chi connectivity index (χ1n) is 7.41. The third-order valence-corrected chi connectivity index (χ3v) is 6.65. The van der Waals surface area contributed by atoms with Gasteiger partial charge in [0.05, 0.1) is 11.4 Å². The van der Waals surface area contributed by atoms with Crippen molar-refractivity contribution in [2.24, 2.45) is 0 Å². The molecule has 0 bridgehead atoms. The van der Waals surface area contributed by atoms with Gasteiger partial charge in [0, 0.05) is 22.7 Å². The number of amides is 1. The van der Waals surface area contributed by atoms with Crippen LogP contribution in [0.3, 0.4) is 0 Å². The van der Waals surface area contributed by atoms with E-state index >= 15 is 0 Å². The molecule has 25 heavy (non-hydrogen) atoms. The standard InChI is InChI=1S/C17H19ClN2O3S2/c1-12-15(18)5-4-6-16(12)19-17(21)11-20(2)25(22,23)14-9-7-13(24-3)8-10-14/h4-10H,11H2,1-3H3,(H,19,21). The first-order chi connectivity index (χ1) is 11.8. The molecule has 1 N–H and O–H groups in total. The highest BCUT2D eigenvalue weighted by atomic mass is 35.5. The molecule has 0 radical (unpaired) electrons. The van der Waals surface area contributed by atoms with E-state index < -0.39 is 15.9 Å². The fourth-order valence-electron chi connectivity index (χ4n) is 2.15. The number of rotatable bonds is 6. The number of hydrogen-bond acceptors (Lipinski definition) is 4. The van der Waals surface area contributed by atoms with Gasteiger partial charge in [-0.25, -0.2) is 8.42 Å². The van der Waals surface area contributed by atoms with Crippen molar-refractivity contribution in [1.82, 2.24) is 4.31 Å². The van der Waals surface area contributed by atoms with Crippen molar-refractivity contribution in [3.05, 3.63) is 53.1 Å². The molecule has 0 fully saturated rings. The van der Waals surface area contributed by atoms with E-state index in [1.165, 1.54) is 30.9 Å². The number of sulfonamides is 1. The second-order valence-corrected chi connectivity index (χ2v) is 8.73. The van der Waals surface area contributed by atoms with Gasteiger partial charge >= 0.3 is 0 Å². The number of carbonyl (C=O) groups excluding carboxylic acids is 1. The van der Waals surface area contributed by atoms with Gasteiger partial charge < -0.3 is 5.32 Å². The number of nitrogens with one attached hydrogen (secondary N) is 1. The van der Waals surface area contributed by atoms with Crippen LogP contribution in [0.2, 0.25) is 5.02 Å². The Morgan fingerprint density at radius 1 is 1.20 bits per heavy atom. The van der Waals surface area contributed by atoms with Crippen molar-refractivity contribution in [3.63, 3.8) is 0 Å². The van der Waals surface area contributed by atoms with Crippen LogP contribution in [0.15, 0.2) is 52.3 Å². The lowest BCUT2D eigenvalue weighted by Crippen LogP contribution is -2.35. The van der Waals surface area contributed by atoms with E-state index in [0.717, 1.165) is 14.8 Å². The molecule has 0 aliphatic rings. The lowest BCUT2D eigenvalue weighted by Gasteiger charge is -2.17. The van der Waals surface area contributed by atoms with E-state index in [-0.39, 0.29) is 11.4 Å². The van der Waals surface area contributed by atoms with Gasteiger partial charge in [0.25, 0.3) is 0 Å². The minimum Gasteiger partial charge on any atom is -0.325 e. The third-order valence-electron chi connectivity index (χ3n) is 3.68. The summed E-state index contributed by atoms with van der Waals surface area (Å²) in [5, 5.41) is 3.23. The molecule has 0 atom stereocenters. The summed E-state index contributed by atoms with van der Waals surface area (Å²) >= 11 is 7.55. The molecule has 5 nitrogen and oxygen atoms in total. The molecule has 0 aliphatic carbocycles. The van der Waals surface area contributed by atoms with E-state index in [4.69, 9.17) is 11.6 Å². The van der Waals surface area contributed by atoms with Gasteiger partial charge in [0.1, 0.15) is 0 Å². The predicted molar refractivity (Wildman–Crippen MR) is 103 cm³/mol. The first-order valence-corrected chi connectivity index (χ1v) is 10.5. The first kappa shape index (κ1) is 19.8. The van der Waals surface area contributed by atoms with E-state index in [2.05, 4.69) is 5.32 Å². The summed E-state index contributed by atoms with van der Waals surface area (Å²) in [5.74, 6) is -0.433. The Balaban J connectivity index is 2.10. The van der Waals surface area contributed by atoms with Crippen molar-refractivity contribution in [1.29, 1.82) is 0 Å². The molecule has 0 spiro atoms. The quantitative estimate of drug-likeness (QED) is 0.754. The number of likely N-dealkylation sites (N-methyl/N-ethyl adjacent to an activating group) is 1. The Hall–Kier alpha value is -1.54. The molecule has 0 saturated carbocycles. The number of hydrogen-bond donors (Lipinski definition) is 1. The normalized spacial score (nSPS) is 11.6. The average molecular weight is 399 g/mol. The van der Waals surface area contributed by atoms with Crippen LogP contribution in [-0.4, -0.2) is 38.5 Å². The fourth-order valence-corrected chi connectivity index (χ4v) is 3.86. The number of halogens is 1. The second-order valence-electron chi connectivity index (χ2n) is 5.40. The maximum absolute atomic E-state index is 12.6. The lowest BCUT2D eigenvalue weighted by molar-refractivity contribution is -0.116. The van der Waals surface area contributed by atoms with Crippen LogP contribution in [0.5, 0.6) is 0 Å². The summed E-state index contributed by atoms with van der Waals surface area (Å²) < 4.78 is 26.1. The molecule has 1 amide bonds. The van der Waals surface area contributed by atoms with Crippen LogP contribution in [0.1, 0.15) is 5.56 Å². The Kier molecular flexibility index (Phi) is 6.51. The number of thioether (sulfide) groups is 1. The fraction of sp³-hybridized carbons (Fsp3) is 0.235. The molecular weight excluding hydrogens is 380 g/mol. The van der Waals surface area contributed by atoms with Crippen LogP contribution < -0.4 is 5.32 Å². The number of nitrogens with zero attached hydrogens (tertiary/aromatic N) is 1. The average Bonchev–Trinajstić information content (AvgIpc) is 2.59. The Bertz CT molecular complexity index is 868. The molecule has 2 aromatic carbocycles. The van der Waals surface area contributed by atoms with E-state index in [0.29, 0.717) is 10.7 Å². The molecule has 0 aromatic heterocycles. The molecule has 8 heteroatoms. The molecule has 0 heterocycles. The van der Waals surface area contributed by atoms with Crippen LogP contribution in [0.4, 0.5) is 5.69 Å². The number of anilines is 1. The van der Waals surface area contributed by atoms with E-state index in [1.54, 1.807) is 37.3 Å². The summed E-state index contributed by atoms with van der Waals surface area (Å²) in [6.45, 7) is 1.49. The molecular formula is C17H19ClN2O3S2. The Morgan fingerprint density at radius 3 is 2.44 bits per heavy atom. The maximum atomic E-state index is 12.6. The van der Waals surface area contributed by atoms with Crippen molar-refractivity contribution >= 4 is 45.0 Å². The van der Waals surface area contributed by atoms with Gasteiger partial charge in [0.15, 0.2) is 0 Å². The summed E-state index contributed by atoms with van der Waals surface area (Å²) in [4.78, 5) is 13.3. The predicted octanol–water partition coefficient (Wildman–Crippen LogP) is 3.63. The molecule has 2 aromatic rings. The molecule has 0 unspecified atom stereocenters. The van der Waals surface area contributed by atoms with Gasteiger partial charge in [-0.2, -0.15) is 4.31 Å². The van der Waals surface area contributed by atoms with Crippen molar-refractivity contribution in [2.75, 3.05) is 25.2 Å². The minimum atomic E-state index is -3.73. The summed E-state index contributed by atoms with van der Waals surface area (Å²) in [6.07, 6.45) is 1.91. The zero-order valence-corrected chi connectivity index (χ0v) is 16.5. The maximum Gasteiger partial charge on any atom is 0.243 e. The van der Waals surface area contributed by atoms with Gasteiger partial charge in [0.2, 0.25) is 15.9 Å². The molecule has 134 valence electrons. The largest absolute Gasteiger partial charge is 0.325 e. The zero-order valence-electron chi connectivity index (χ0n) is 14.1.